The quantitative estimate of drug-likeness (QED) is 0.482. The average Bonchev–Trinajstić information content (AvgIpc) is 1.77. The van der Waals surface area contributed by atoms with Crippen molar-refractivity contribution in [3.63, 3.8) is 0 Å². The van der Waals surface area contributed by atoms with Gasteiger partial charge in [-0.1, -0.05) is 34.1 Å². The van der Waals surface area contributed by atoms with Crippen LogP contribution in [0.5, 0.6) is 0 Å². The summed E-state index contributed by atoms with van der Waals surface area (Å²) in [4.78, 5) is 0. The van der Waals surface area contributed by atoms with Crippen LogP contribution < -0.4 is 0 Å². The predicted molar refractivity (Wildman–Crippen MR) is 44.7 cm³/mol. The van der Waals surface area contributed by atoms with Gasteiger partial charge in [-0.2, -0.15) is 0 Å². The maximum atomic E-state index is 3.55. The second kappa shape index (κ2) is 2.25. The van der Waals surface area contributed by atoms with Crippen molar-refractivity contribution in [2.45, 2.75) is 47.0 Å². The first-order chi connectivity index (χ1) is 4.46. The smallest absolute Gasteiger partial charge is 0.0106 e. The molecule has 2 radical (unpaired) electrons. The second-order valence-electron chi connectivity index (χ2n) is 4.54. The van der Waals surface area contributed by atoms with Gasteiger partial charge in [0.05, 0.1) is 0 Å². The van der Waals surface area contributed by atoms with Gasteiger partial charge in [0.25, 0.3) is 0 Å². The van der Waals surface area contributed by atoms with Gasteiger partial charge in [-0.25, -0.2) is 0 Å². The fraction of sp³-hybridized carbons (Fsp3) is 0.900. The minimum Gasteiger partial charge on any atom is -0.0594 e. The van der Waals surface area contributed by atoms with Crippen molar-refractivity contribution in [2.24, 2.45) is 10.8 Å². The summed E-state index contributed by atoms with van der Waals surface area (Å²) in [5, 5.41) is 0. The van der Waals surface area contributed by atoms with Crippen LogP contribution in [0.1, 0.15) is 47.0 Å². The highest BCUT2D eigenvalue weighted by Gasteiger charge is 2.38. The SMILES string of the molecule is CC1(C)[C]CCCC1(C)C. The van der Waals surface area contributed by atoms with Crippen LogP contribution in [0.25, 0.3) is 0 Å². The third kappa shape index (κ3) is 1.21. The lowest BCUT2D eigenvalue weighted by atomic mass is 9.60. The predicted octanol–water partition coefficient (Wildman–Crippen LogP) is 3.30. The van der Waals surface area contributed by atoms with Crippen molar-refractivity contribution in [1.29, 1.82) is 0 Å². The summed E-state index contributed by atoms with van der Waals surface area (Å²) in [6.07, 6.45) is 7.42. The van der Waals surface area contributed by atoms with Crippen LogP contribution in [-0.2, 0) is 0 Å². The maximum Gasteiger partial charge on any atom is -0.0106 e. The molecule has 1 rings (SSSR count). The fourth-order valence-corrected chi connectivity index (χ4v) is 1.48. The van der Waals surface area contributed by atoms with Crippen molar-refractivity contribution in [3.05, 3.63) is 6.42 Å². The molecule has 0 amide bonds. The normalized spacial score (nSPS) is 30.0. The van der Waals surface area contributed by atoms with Crippen LogP contribution >= 0.6 is 0 Å². The fourth-order valence-electron chi connectivity index (χ4n) is 1.48. The zero-order valence-electron chi connectivity index (χ0n) is 7.62. The minimum absolute atomic E-state index is 0.325. The van der Waals surface area contributed by atoms with Crippen molar-refractivity contribution in [1.82, 2.24) is 0 Å². The molecule has 1 saturated carbocycles. The maximum absolute atomic E-state index is 3.55. The molecule has 0 atom stereocenters. The Kier molecular flexibility index (Phi) is 1.82. The monoisotopic (exact) mass is 138 g/mol. The van der Waals surface area contributed by atoms with Crippen molar-refractivity contribution in [3.8, 4) is 0 Å². The Hall–Kier alpha value is 0. The Bertz CT molecular complexity index is 104. The topological polar surface area (TPSA) is 0 Å². The highest BCUT2D eigenvalue weighted by Crippen LogP contribution is 2.48. The van der Waals surface area contributed by atoms with Gasteiger partial charge in [-0.3, -0.25) is 0 Å². The van der Waals surface area contributed by atoms with Crippen LogP contribution in [0.2, 0.25) is 0 Å². The molecule has 58 valence electrons. The van der Waals surface area contributed by atoms with Gasteiger partial charge >= 0.3 is 0 Å². The summed E-state index contributed by atoms with van der Waals surface area (Å²) < 4.78 is 0. The molecule has 10 heavy (non-hydrogen) atoms. The van der Waals surface area contributed by atoms with Gasteiger partial charge in [-0.15, -0.1) is 0 Å². The number of hydrogen-bond donors (Lipinski definition) is 0. The van der Waals surface area contributed by atoms with Crippen LogP contribution in [-0.4, -0.2) is 0 Å². The molecule has 0 aromatic rings. The Labute approximate surface area is 65.0 Å². The molecule has 0 aromatic heterocycles. The Morgan fingerprint density at radius 2 is 1.70 bits per heavy atom. The first kappa shape index (κ1) is 8.10. The van der Waals surface area contributed by atoms with Crippen LogP contribution in [0.4, 0.5) is 0 Å². The molecule has 0 nitrogen and oxygen atoms in total. The molecule has 0 heterocycles. The molecule has 1 aliphatic carbocycles. The van der Waals surface area contributed by atoms with E-state index in [9.17, 15) is 0 Å². The van der Waals surface area contributed by atoms with E-state index in [1.54, 1.807) is 0 Å². The standard InChI is InChI=1S/C10H18/c1-9(2)7-5-6-8-10(9,3)4/h5-7H2,1-4H3. The molecular formula is C10H18. The van der Waals surface area contributed by atoms with Crippen LogP contribution in [0, 0.1) is 17.3 Å². The average molecular weight is 138 g/mol. The van der Waals surface area contributed by atoms with Gasteiger partial charge < -0.3 is 0 Å². The van der Waals surface area contributed by atoms with E-state index in [4.69, 9.17) is 0 Å². The third-order valence-corrected chi connectivity index (χ3v) is 3.24. The zero-order chi connectivity index (χ0) is 7.83. The highest BCUT2D eigenvalue weighted by atomic mass is 14.4. The molecule has 0 spiro atoms. The molecule has 0 bridgehead atoms. The van der Waals surface area contributed by atoms with E-state index in [-0.39, 0.29) is 0 Å². The van der Waals surface area contributed by atoms with E-state index in [1.807, 2.05) is 0 Å². The van der Waals surface area contributed by atoms with E-state index in [0.29, 0.717) is 10.8 Å². The second-order valence-corrected chi connectivity index (χ2v) is 4.54. The van der Waals surface area contributed by atoms with Crippen LogP contribution in [0.3, 0.4) is 0 Å². The van der Waals surface area contributed by atoms with E-state index >= 15 is 0 Å². The van der Waals surface area contributed by atoms with E-state index in [0.717, 1.165) is 0 Å². The lowest BCUT2D eigenvalue weighted by Gasteiger charge is -2.45. The van der Waals surface area contributed by atoms with Crippen molar-refractivity contribution in [2.75, 3.05) is 0 Å². The van der Waals surface area contributed by atoms with Gasteiger partial charge in [-0.05, 0) is 30.1 Å². The minimum atomic E-state index is 0.325. The summed E-state index contributed by atoms with van der Waals surface area (Å²) in [6.45, 7) is 9.29. The molecule has 0 N–H and O–H groups in total. The summed E-state index contributed by atoms with van der Waals surface area (Å²) in [5.41, 5.74) is 0.788. The largest absolute Gasteiger partial charge is 0.0594 e. The Morgan fingerprint density at radius 3 is 2.00 bits per heavy atom. The lowest BCUT2D eigenvalue weighted by molar-refractivity contribution is 0.101. The number of rotatable bonds is 0. The Balaban J connectivity index is 2.70. The zero-order valence-corrected chi connectivity index (χ0v) is 7.62. The highest BCUT2D eigenvalue weighted by molar-refractivity contribution is 4.99. The van der Waals surface area contributed by atoms with Gasteiger partial charge in [0.2, 0.25) is 0 Å². The first-order valence-corrected chi connectivity index (χ1v) is 4.21. The molecule has 0 saturated heterocycles. The van der Waals surface area contributed by atoms with Gasteiger partial charge in [0.1, 0.15) is 0 Å². The molecular weight excluding hydrogens is 120 g/mol. The molecule has 0 heteroatoms. The van der Waals surface area contributed by atoms with E-state index < -0.39 is 0 Å². The van der Waals surface area contributed by atoms with Gasteiger partial charge in [0, 0.05) is 0 Å². The van der Waals surface area contributed by atoms with E-state index in [1.165, 1.54) is 19.3 Å². The molecule has 0 aliphatic heterocycles. The van der Waals surface area contributed by atoms with Crippen molar-refractivity contribution < 1.29 is 0 Å². The van der Waals surface area contributed by atoms with E-state index in [2.05, 4.69) is 34.1 Å². The molecule has 1 aliphatic rings. The first-order valence-electron chi connectivity index (χ1n) is 4.21. The van der Waals surface area contributed by atoms with Crippen molar-refractivity contribution >= 4 is 0 Å². The molecule has 0 aromatic carbocycles. The third-order valence-electron chi connectivity index (χ3n) is 3.24. The van der Waals surface area contributed by atoms with Gasteiger partial charge in [0.15, 0.2) is 0 Å². The summed E-state index contributed by atoms with van der Waals surface area (Å²) in [6, 6.07) is 0. The molecule has 1 fully saturated rings. The number of hydrogen-bond acceptors (Lipinski definition) is 0. The summed E-state index contributed by atoms with van der Waals surface area (Å²) >= 11 is 0. The summed E-state index contributed by atoms with van der Waals surface area (Å²) in [7, 11) is 0. The Morgan fingerprint density at radius 1 is 1.10 bits per heavy atom. The van der Waals surface area contributed by atoms with Crippen LogP contribution in [0.15, 0.2) is 0 Å². The lowest BCUT2D eigenvalue weighted by Crippen LogP contribution is -2.35. The molecule has 0 unspecified atom stereocenters. The summed E-state index contributed by atoms with van der Waals surface area (Å²) in [5.74, 6) is 0.